The molecule has 0 spiro atoms. The fourth-order valence-electron chi connectivity index (χ4n) is 4.72. The number of unbranched alkanes of at least 4 members (excludes halogenated alkanes) is 6. The van der Waals surface area contributed by atoms with Gasteiger partial charge in [0, 0.05) is 12.8 Å². The minimum absolute atomic E-state index is 0.0616. The highest BCUT2D eigenvalue weighted by molar-refractivity contribution is 7.47. The van der Waals surface area contributed by atoms with Gasteiger partial charge in [0.05, 0.1) is 19.3 Å². The molecule has 0 radical (unpaired) electrons. The third-order valence-electron chi connectivity index (χ3n) is 7.91. The molecule has 0 aliphatic heterocycles. The first-order chi connectivity index (χ1) is 27.5. The molecule has 13 heteroatoms. The van der Waals surface area contributed by atoms with Crippen LogP contribution in [0.25, 0.3) is 0 Å². The third-order valence-corrected chi connectivity index (χ3v) is 8.86. The highest BCUT2D eigenvalue weighted by Crippen LogP contribution is 2.43. The van der Waals surface area contributed by atoms with Crippen molar-refractivity contribution in [3.63, 3.8) is 0 Å². The number of carboxylic acids is 1. The molecule has 0 aliphatic rings. The second-order valence-electron chi connectivity index (χ2n) is 13.2. The van der Waals surface area contributed by atoms with Crippen molar-refractivity contribution in [2.75, 3.05) is 19.8 Å². The van der Waals surface area contributed by atoms with Crippen LogP contribution >= 0.6 is 7.82 Å². The number of aliphatic carboxylic acids is 1. The molecule has 0 rings (SSSR count). The topological polar surface area (TPSA) is 192 Å². The Hall–Kier alpha value is -3.64. The molecule has 0 aliphatic carbocycles. The average molecular weight is 820 g/mol. The molecule has 0 saturated carbocycles. The van der Waals surface area contributed by atoms with E-state index in [0.29, 0.717) is 25.7 Å². The van der Waals surface area contributed by atoms with Crippen LogP contribution in [-0.2, 0) is 37.5 Å². The van der Waals surface area contributed by atoms with E-state index in [1.54, 1.807) is 6.08 Å². The molecule has 57 heavy (non-hydrogen) atoms. The van der Waals surface area contributed by atoms with Crippen molar-refractivity contribution in [2.24, 2.45) is 5.73 Å². The first kappa shape index (κ1) is 53.4. The highest BCUT2D eigenvalue weighted by atomic mass is 31.2. The molecule has 0 amide bonds. The number of ether oxygens (including phenoxy) is 2. The maximum atomic E-state index is 12.6. The average Bonchev–Trinajstić information content (AvgIpc) is 3.18. The molecule has 0 aromatic carbocycles. The van der Waals surface area contributed by atoms with Gasteiger partial charge in [0.1, 0.15) is 12.6 Å². The molecule has 0 aromatic rings. The summed E-state index contributed by atoms with van der Waals surface area (Å²) in [5.41, 5.74) is 5.32. The maximum Gasteiger partial charge on any atom is 0.472 e. The SMILES string of the molecule is CC/C=C\C/C=C\C/C=C\C/C=C\C/C=C\CCCC(=O)O[C@H](COC(=O)CCCCCCC/C=C/C=C/C(O)C/C=C/CC)COP(=O)(O)OC[C@H](N)C(=O)O. The monoisotopic (exact) mass is 819 g/mol. The number of phosphoric acid groups is 1. The van der Waals surface area contributed by atoms with Crippen molar-refractivity contribution in [3.8, 4) is 0 Å². The number of aliphatic hydroxyl groups excluding tert-OH is 1. The normalized spacial score (nSPS) is 15.3. The zero-order valence-corrected chi connectivity index (χ0v) is 35.1. The van der Waals surface area contributed by atoms with Crippen LogP contribution in [0.5, 0.6) is 0 Å². The van der Waals surface area contributed by atoms with Gasteiger partial charge in [-0.05, 0) is 77.0 Å². The molecule has 4 atom stereocenters. The Morgan fingerprint density at radius 2 is 1.16 bits per heavy atom. The summed E-state index contributed by atoms with van der Waals surface area (Å²) >= 11 is 0. The molecule has 5 N–H and O–H groups in total. The van der Waals surface area contributed by atoms with Gasteiger partial charge >= 0.3 is 25.7 Å². The number of carbonyl (C=O) groups is 3. The van der Waals surface area contributed by atoms with Crippen LogP contribution in [0.1, 0.15) is 123 Å². The predicted octanol–water partition coefficient (Wildman–Crippen LogP) is 9.47. The van der Waals surface area contributed by atoms with Crippen LogP contribution in [0, 0.1) is 0 Å². The van der Waals surface area contributed by atoms with E-state index in [2.05, 4.69) is 73.1 Å². The lowest BCUT2D eigenvalue weighted by molar-refractivity contribution is -0.161. The molecule has 2 unspecified atom stereocenters. The largest absolute Gasteiger partial charge is 0.480 e. The number of carboxylic acid groups (broad SMARTS) is 1. The van der Waals surface area contributed by atoms with Crippen LogP contribution in [0.3, 0.4) is 0 Å². The first-order valence-corrected chi connectivity index (χ1v) is 21.9. The molecule has 0 bridgehead atoms. The lowest BCUT2D eigenvalue weighted by atomic mass is 10.1. The number of rotatable bonds is 36. The van der Waals surface area contributed by atoms with Crippen LogP contribution in [0.4, 0.5) is 0 Å². The second kappa shape index (κ2) is 37.9. The van der Waals surface area contributed by atoms with Crippen molar-refractivity contribution in [2.45, 2.75) is 141 Å². The van der Waals surface area contributed by atoms with Crippen molar-refractivity contribution in [1.29, 1.82) is 0 Å². The van der Waals surface area contributed by atoms with Gasteiger partial charge in [0.15, 0.2) is 6.10 Å². The standard InChI is InChI=1S/C44H70NO11P/c1-3-5-7-8-9-10-11-12-13-14-15-16-17-20-24-27-31-35-43(48)56-40(37-54-57(51,52)55-38-41(45)44(49)50)36-53-42(47)34-30-26-23-21-18-19-22-25-29-33-39(46)32-28-6-4-2/h5-7,9-10,12-13,15-16,20,22,24-25,28-29,33,39-41,46H,3-4,8,11,14,17-19,21,23,26-27,30-32,34-38,45H2,1-2H3,(H,49,50)(H,51,52)/b7-5-,10-9-,13-12-,16-15-,24-20-,25-22+,28-6+,33-29+/t39?,40-,41+/m1/s1. The Labute approximate surface area is 341 Å². The molecule has 322 valence electrons. The van der Waals surface area contributed by atoms with E-state index < -0.39 is 63.8 Å². The number of phosphoric ester groups is 1. The van der Waals surface area contributed by atoms with E-state index in [9.17, 15) is 28.9 Å². The Morgan fingerprint density at radius 1 is 0.632 bits per heavy atom. The summed E-state index contributed by atoms with van der Waals surface area (Å²) in [4.78, 5) is 45.9. The van der Waals surface area contributed by atoms with E-state index in [0.717, 1.165) is 70.6 Å². The Morgan fingerprint density at radius 3 is 1.79 bits per heavy atom. The maximum absolute atomic E-state index is 12.6. The predicted molar refractivity (Wildman–Crippen MR) is 227 cm³/mol. The number of nitrogens with two attached hydrogens (primary N) is 1. The fourth-order valence-corrected chi connectivity index (χ4v) is 5.50. The summed E-state index contributed by atoms with van der Waals surface area (Å²) in [5, 5.41) is 18.7. The highest BCUT2D eigenvalue weighted by Gasteiger charge is 2.28. The van der Waals surface area contributed by atoms with Gasteiger partial charge in [-0.1, -0.05) is 130 Å². The lowest BCUT2D eigenvalue weighted by Gasteiger charge is -2.20. The van der Waals surface area contributed by atoms with Crippen LogP contribution in [-0.4, -0.2) is 71.1 Å². The van der Waals surface area contributed by atoms with Gasteiger partial charge in [-0.3, -0.25) is 23.4 Å². The Bertz CT molecular complexity index is 1350. The number of carbonyl (C=O) groups excluding carboxylic acids is 2. The van der Waals surface area contributed by atoms with Crippen molar-refractivity contribution >= 4 is 25.7 Å². The van der Waals surface area contributed by atoms with Crippen molar-refractivity contribution < 1.29 is 52.6 Å². The van der Waals surface area contributed by atoms with E-state index in [4.69, 9.17) is 24.8 Å². The first-order valence-electron chi connectivity index (χ1n) is 20.4. The molecule has 0 heterocycles. The van der Waals surface area contributed by atoms with Gasteiger partial charge in [-0.15, -0.1) is 0 Å². The summed E-state index contributed by atoms with van der Waals surface area (Å²) < 4.78 is 32.5. The Balaban J connectivity index is 4.59. The van der Waals surface area contributed by atoms with Crippen LogP contribution in [0.15, 0.2) is 97.2 Å². The number of esters is 2. The second-order valence-corrected chi connectivity index (χ2v) is 14.7. The molecule has 0 fully saturated rings. The molecule has 12 nitrogen and oxygen atoms in total. The number of hydrogen-bond donors (Lipinski definition) is 4. The summed E-state index contributed by atoms with van der Waals surface area (Å²) in [6.45, 7) is 2.35. The molecule has 0 saturated heterocycles. The summed E-state index contributed by atoms with van der Waals surface area (Å²) in [6.07, 6.45) is 43.9. The molecular weight excluding hydrogens is 749 g/mol. The zero-order chi connectivity index (χ0) is 42.2. The Kier molecular flexibility index (Phi) is 35.5. The quantitative estimate of drug-likeness (QED) is 0.0154. The lowest BCUT2D eigenvalue weighted by Crippen LogP contribution is -2.34. The zero-order valence-electron chi connectivity index (χ0n) is 34.2. The number of allylic oxidation sites excluding steroid dienone is 14. The summed E-state index contributed by atoms with van der Waals surface area (Å²) in [7, 11) is -4.75. The minimum atomic E-state index is -4.75. The summed E-state index contributed by atoms with van der Waals surface area (Å²) in [6, 6.07) is -1.55. The van der Waals surface area contributed by atoms with E-state index in [-0.39, 0.29) is 12.8 Å². The van der Waals surface area contributed by atoms with Crippen LogP contribution < -0.4 is 5.73 Å². The van der Waals surface area contributed by atoms with Gasteiger partial charge in [-0.2, -0.15) is 0 Å². The fraction of sp³-hybridized carbons (Fsp3) is 0.568. The van der Waals surface area contributed by atoms with Crippen molar-refractivity contribution in [3.05, 3.63) is 97.2 Å². The number of aliphatic hydroxyl groups is 1. The van der Waals surface area contributed by atoms with Gasteiger partial charge in [-0.25, -0.2) is 4.57 Å². The van der Waals surface area contributed by atoms with E-state index in [1.807, 2.05) is 36.5 Å². The summed E-state index contributed by atoms with van der Waals surface area (Å²) in [5.74, 6) is -2.54. The van der Waals surface area contributed by atoms with Crippen LogP contribution in [0.2, 0.25) is 0 Å². The smallest absolute Gasteiger partial charge is 0.472 e. The minimum Gasteiger partial charge on any atom is -0.480 e. The van der Waals surface area contributed by atoms with Gasteiger partial charge < -0.3 is 30.3 Å². The third kappa shape index (κ3) is 37.7. The van der Waals surface area contributed by atoms with E-state index >= 15 is 0 Å². The molecular formula is C44H70NO11P. The molecule has 0 aromatic heterocycles. The van der Waals surface area contributed by atoms with Gasteiger partial charge in [0.2, 0.25) is 0 Å². The van der Waals surface area contributed by atoms with E-state index in [1.165, 1.54) is 0 Å². The van der Waals surface area contributed by atoms with Gasteiger partial charge in [0.25, 0.3) is 0 Å². The number of hydrogen-bond acceptors (Lipinski definition) is 10. The van der Waals surface area contributed by atoms with Crippen molar-refractivity contribution in [1.82, 2.24) is 0 Å².